The van der Waals surface area contributed by atoms with Crippen molar-refractivity contribution in [3.8, 4) is 0 Å². The number of amides is 1. The van der Waals surface area contributed by atoms with Gasteiger partial charge in [-0.25, -0.2) is 14.2 Å². The molecule has 144 valence electrons. The van der Waals surface area contributed by atoms with E-state index in [0.29, 0.717) is 17.4 Å². The molecule has 0 fully saturated rings. The van der Waals surface area contributed by atoms with Gasteiger partial charge in [0.25, 0.3) is 5.91 Å². The quantitative estimate of drug-likeness (QED) is 0.585. The van der Waals surface area contributed by atoms with E-state index >= 15 is 0 Å². The number of anilines is 2. The molecule has 0 aliphatic rings. The zero-order valence-corrected chi connectivity index (χ0v) is 15.8. The molecule has 0 spiro atoms. The Hall–Kier alpha value is -3.26. The summed E-state index contributed by atoms with van der Waals surface area (Å²) in [6.07, 6.45) is -1.03. The van der Waals surface area contributed by atoms with Crippen LogP contribution in [0.1, 0.15) is 23.0 Å². The number of esters is 1. The van der Waals surface area contributed by atoms with Gasteiger partial charge in [0.1, 0.15) is 5.82 Å². The number of halogens is 1. The second kappa shape index (κ2) is 9.09. The molecule has 0 unspecified atom stereocenters. The Balaban J connectivity index is 1.51. The van der Waals surface area contributed by atoms with Crippen molar-refractivity contribution >= 4 is 34.0 Å². The fourth-order valence-electron chi connectivity index (χ4n) is 2.27. The van der Waals surface area contributed by atoms with Crippen LogP contribution in [0.5, 0.6) is 0 Å². The molecule has 0 radical (unpaired) electrons. The van der Waals surface area contributed by atoms with Crippen molar-refractivity contribution in [3.63, 3.8) is 0 Å². The highest BCUT2D eigenvalue weighted by atomic mass is 32.1. The SMILES string of the molecule is C[C@H](OC(=O)c1csc(NCc2ccccc2)n1)C(=O)Nc1ccc(F)cc1. The minimum Gasteiger partial charge on any atom is -0.448 e. The highest BCUT2D eigenvalue weighted by Crippen LogP contribution is 2.18. The van der Waals surface area contributed by atoms with Gasteiger partial charge in [-0.15, -0.1) is 11.3 Å². The number of carbonyl (C=O) groups is 2. The molecular formula is C20H18FN3O3S. The first-order valence-electron chi connectivity index (χ1n) is 8.52. The van der Waals surface area contributed by atoms with Crippen molar-refractivity contribution in [2.45, 2.75) is 19.6 Å². The third kappa shape index (κ3) is 5.37. The maximum Gasteiger partial charge on any atom is 0.358 e. The number of hydrogen-bond acceptors (Lipinski definition) is 6. The van der Waals surface area contributed by atoms with E-state index in [4.69, 9.17) is 4.74 Å². The van der Waals surface area contributed by atoms with Gasteiger partial charge in [-0.2, -0.15) is 0 Å². The average molecular weight is 399 g/mol. The lowest BCUT2D eigenvalue weighted by atomic mass is 10.2. The number of carbonyl (C=O) groups excluding carboxylic acids is 2. The summed E-state index contributed by atoms with van der Waals surface area (Å²) in [5.41, 5.74) is 1.63. The van der Waals surface area contributed by atoms with E-state index in [-0.39, 0.29) is 5.69 Å². The first kappa shape index (κ1) is 19.5. The zero-order chi connectivity index (χ0) is 19.9. The first-order chi connectivity index (χ1) is 13.5. The maximum absolute atomic E-state index is 12.9. The topological polar surface area (TPSA) is 80.3 Å². The molecule has 1 atom stereocenters. The number of nitrogens with zero attached hydrogens (tertiary/aromatic N) is 1. The van der Waals surface area contributed by atoms with Gasteiger partial charge in [0.05, 0.1) is 0 Å². The molecule has 3 rings (SSSR count). The van der Waals surface area contributed by atoms with E-state index < -0.39 is 23.8 Å². The fourth-order valence-corrected chi connectivity index (χ4v) is 2.95. The molecule has 2 N–H and O–H groups in total. The summed E-state index contributed by atoms with van der Waals surface area (Å²) >= 11 is 1.28. The van der Waals surface area contributed by atoms with E-state index in [1.807, 2.05) is 30.3 Å². The third-order valence-corrected chi connectivity index (χ3v) is 4.56. The molecule has 6 nitrogen and oxygen atoms in total. The summed E-state index contributed by atoms with van der Waals surface area (Å²) in [7, 11) is 0. The molecular weight excluding hydrogens is 381 g/mol. The standard InChI is InChI=1S/C20H18FN3O3S/c1-13(18(25)23-16-9-7-15(21)8-10-16)27-19(26)17-12-28-20(24-17)22-11-14-5-3-2-4-6-14/h2-10,12-13H,11H2,1H3,(H,22,24)(H,23,25)/t13-/m0/s1. The summed E-state index contributed by atoms with van der Waals surface area (Å²) < 4.78 is 18.1. The number of hydrogen-bond donors (Lipinski definition) is 2. The van der Waals surface area contributed by atoms with Crippen LogP contribution in [0.3, 0.4) is 0 Å². The highest BCUT2D eigenvalue weighted by Gasteiger charge is 2.21. The third-order valence-electron chi connectivity index (χ3n) is 3.76. The van der Waals surface area contributed by atoms with Crippen LogP contribution >= 0.6 is 11.3 Å². The molecule has 0 aliphatic carbocycles. The Morgan fingerprint density at radius 3 is 2.57 bits per heavy atom. The zero-order valence-electron chi connectivity index (χ0n) is 15.0. The van der Waals surface area contributed by atoms with Gasteiger partial charge in [-0.05, 0) is 36.8 Å². The largest absolute Gasteiger partial charge is 0.448 e. The number of rotatable bonds is 7. The molecule has 0 saturated carbocycles. The number of benzene rings is 2. The summed E-state index contributed by atoms with van der Waals surface area (Å²) in [6.45, 7) is 2.04. The minimum absolute atomic E-state index is 0.127. The van der Waals surface area contributed by atoms with Crippen molar-refractivity contribution in [1.29, 1.82) is 0 Å². The van der Waals surface area contributed by atoms with Crippen LogP contribution < -0.4 is 10.6 Å². The van der Waals surface area contributed by atoms with Gasteiger partial charge in [-0.1, -0.05) is 30.3 Å². The predicted molar refractivity (Wildman–Crippen MR) is 106 cm³/mol. The second-order valence-electron chi connectivity index (χ2n) is 5.92. The summed E-state index contributed by atoms with van der Waals surface area (Å²) in [6, 6.07) is 15.1. The van der Waals surface area contributed by atoms with Crippen molar-refractivity contribution in [2.75, 3.05) is 10.6 Å². The summed E-state index contributed by atoms with van der Waals surface area (Å²) in [5, 5.41) is 7.85. The summed E-state index contributed by atoms with van der Waals surface area (Å²) in [5.74, 6) is -1.61. The van der Waals surface area contributed by atoms with Crippen molar-refractivity contribution in [3.05, 3.63) is 77.1 Å². The monoisotopic (exact) mass is 399 g/mol. The average Bonchev–Trinajstić information content (AvgIpc) is 3.18. The van der Waals surface area contributed by atoms with Gasteiger partial charge in [0.2, 0.25) is 0 Å². The van der Waals surface area contributed by atoms with E-state index in [9.17, 15) is 14.0 Å². The van der Waals surface area contributed by atoms with E-state index in [0.717, 1.165) is 5.56 Å². The normalized spacial score (nSPS) is 11.5. The molecule has 28 heavy (non-hydrogen) atoms. The molecule has 8 heteroatoms. The van der Waals surface area contributed by atoms with Gasteiger partial charge in [0.15, 0.2) is 16.9 Å². The molecule has 1 aromatic heterocycles. The Morgan fingerprint density at radius 1 is 1.14 bits per heavy atom. The van der Waals surface area contributed by atoms with E-state index in [1.54, 1.807) is 5.38 Å². The van der Waals surface area contributed by atoms with Crippen LogP contribution in [-0.4, -0.2) is 23.0 Å². The predicted octanol–water partition coefficient (Wildman–Crippen LogP) is 4.08. The fraction of sp³-hybridized carbons (Fsp3) is 0.150. The molecule has 0 aliphatic heterocycles. The number of ether oxygens (including phenoxy) is 1. The lowest BCUT2D eigenvalue weighted by molar-refractivity contribution is -0.123. The number of thiazole rings is 1. The number of nitrogens with one attached hydrogen (secondary N) is 2. The van der Waals surface area contributed by atoms with Gasteiger partial charge >= 0.3 is 5.97 Å². The Kier molecular flexibility index (Phi) is 6.33. The van der Waals surface area contributed by atoms with Crippen LogP contribution in [0.4, 0.5) is 15.2 Å². The minimum atomic E-state index is -1.03. The highest BCUT2D eigenvalue weighted by molar-refractivity contribution is 7.13. The molecule has 2 aromatic carbocycles. The second-order valence-corrected chi connectivity index (χ2v) is 6.78. The van der Waals surface area contributed by atoms with E-state index in [1.165, 1.54) is 42.5 Å². The van der Waals surface area contributed by atoms with Crippen LogP contribution in [-0.2, 0) is 16.1 Å². The Bertz CT molecular complexity index is 945. The first-order valence-corrected chi connectivity index (χ1v) is 9.40. The molecule has 3 aromatic rings. The van der Waals surface area contributed by atoms with Gasteiger partial charge in [0, 0.05) is 17.6 Å². The summed E-state index contributed by atoms with van der Waals surface area (Å²) in [4.78, 5) is 28.5. The van der Waals surface area contributed by atoms with Gasteiger partial charge in [-0.3, -0.25) is 4.79 Å². The van der Waals surface area contributed by atoms with Crippen LogP contribution in [0.15, 0.2) is 60.0 Å². The lowest BCUT2D eigenvalue weighted by Crippen LogP contribution is -2.30. The van der Waals surface area contributed by atoms with Crippen LogP contribution in [0.25, 0.3) is 0 Å². The number of aromatic nitrogens is 1. The maximum atomic E-state index is 12.9. The van der Waals surface area contributed by atoms with E-state index in [2.05, 4.69) is 15.6 Å². The van der Waals surface area contributed by atoms with Crippen molar-refractivity contribution in [2.24, 2.45) is 0 Å². The van der Waals surface area contributed by atoms with Crippen molar-refractivity contribution < 1.29 is 18.7 Å². The lowest BCUT2D eigenvalue weighted by Gasteiger charge is -2.12. The molecule has 0 saturated heterocycles. The Morgan fingerprint density at radius 2 is 1.86 bits per heavy atom. The molecule has 1 amide bonds. The van der Waals surface area contributed by atoms with Gasteiger partial charge < -0.3 is 15.4 Å². The van der Waals surface area contributed by atoms with Crippen LogP contribution in [0, 0.1) is 5.82 Å². The van der Waals surface area contributed by atoms with Crippen LogP contribution in [0.2, 0.25) is 0 Å². The molecule has 0 bridgehead atoms. The van der Waals surface area contributed by atoms with Crippen molar-refractivity contribution in [1.82, 2.24) is 4.98 Å². The smallest absolute Gasteiger partial charge is 0.358 e. The Labute approximate surface area is 165 Å². The molecule has 1 heterocycles.